The van der Waals surface area contributed by atoms with Gasteiger partial charge in [-0.05, 0) is 49.0 Å². The van der Waals surface area contributed by atoms with Crippen LogP contribution in [0.2, 0.25) is 0 Å². The van der Waals surface area contributed by atoms with E-state index in [0.717, 1.165) is 31.5 Å². The van der Waals surface area contributed by atoms with Crippen molar-refractivity contribution in [3.63, 3.8) is 0 Å². The van der Waals surface area contributed by atoms with Crippen molar-refractivity contribution < 1.29 is 13.2 Å². The van der Waals surface area contributed by atoms with E-state index in [-0.39, 0.29) is 22.7 Å². The lowest BCUT2D eigenvalue weighted by molar-refractivity contribution is -0.0328. The van der Waals surface area contributed by atoms with Gasteiger partial charge < -0.3 is 5.73 Å². The quantitative estimate of drug-likeness (QED) is 0.719. The number of halogens is 3. The first-order chi connectivity index (χ1) is 9.91. The van der Waals surface area contributed by atoms with Gasteiger partial charge in [-0.1, -0.05) is 32.4 Å². The molecule has 0 heterocycles. The predicted octanol–water partition coefficient (Wildman–Crippen LogP) is 4.42. The second-order valence-corrected chi connectivity index (χ2v) is 5.99. The lowest BCUT2D eigenvalue weighted by Crippen LogP contribution is -2.34. The first-order valence-electron chi connectivity index (χ1n) is 7.21. The zero-order chi connectivity index (χ0) is 15.9. The van der Waals surface area contributed by atoms with Crippen LogP contribution in [0.25, 0.3) is 0 Å². The molecule has 0 amide bonds. The Bertz CT molecular complexity index is 406. The van der Waals surface area contributed by atoms with Crippen molar-refractivity contribution in [2.24, 2.45) is 5.73 Å². The van der Waals surface area contributed by atoms with Crippen LogP contribution in [0.5, 0.6) is 0 Å². The maximum atomic E-state index is 12.3. The minimum absolute atomic E-state index is 0.0616. The minimum atomic E-state index is -4.24. The molecule has 0 bridgehead atoms. The Morgan fingerprint density at radius 2 is 1.81 bits per heavy atom. The Balaban J connectivity index is 2.81. The van der Waals surface area contributed by atoms with Crippen LogP contribution in [0, 0.1) is 0 Å². The van der Waals surface area contributed by atoms with Crippen LogP contribution < -0.4 is 5.73 Å². The van der Waals surface area contributed by atoms with Crippen LogP contribution in [0.15, 0.2) is 29.2 Å². The monoisotopic (exact) mass is 320 g/mol. The molecular weight excluding hydrogens is 297 g/mol. The largest absolute Gasteiger partial charge is 0.446 e. The van der Waals surface area contributed by atoms with E-state index in [0.29, 0.717) is 6.54 Å². The number of alkyl halides is 3. The lowest BCUT2D eigenvalue weighted by atomic mass is 10.0. The highest BCUT2D eigenvalue weighted by Crippen LogP contribution is 2.37. The molecule has 6 heteroatoms. The smallest absolute Gasteiger partial charge is 0.329 e. The molecule has 0 aromatic heterocycles. The highest BCUT2D eigenvalue weighted by molar-refractivity contribution is 8.00. The average Bonchev–Trinajstić information content (AvgIpc) is 2.43. The summed E-state index contributed by atoms with van der Waals surface area (Å²) in [5.41, 5.74) is 2.60. The molecule has 1 aromatic carbocycles. The Kier molecular flexibility index (Phi) is 7.56. The molecule has 0 fully saturated rings. The second kappa shape index (κ2) is 8.66. The van der Waals surface area contributed by atoms with Crippen LogP contribution in [0.1, 0.15) is 38.3 Å². The van der Waals surface area contributed by atoms with Crippen molar-refractivity contribution in [1.82, 2.24) is 4.90 Å². The summed E-state index contributed by atoms with van der Waals surface area (Å²) >= 11 is -0.0881. The summed E-state index contributed by atoms with van der Waals surface area (Å²) in [6, 6.07) is 6.60. The normalized spacial score (nSPS) is 13.7. The number of rotatable bonds is 8. The van der Waals surface area contributed by atoms with Crippen LogP contribution in [0.4, 0.5) is 13.2 Å². The van der Waals surface area contributed by atoms with Crippen molar-refractivity contribution >= 4 is 11.8 Å². The third kappa shape index (κ3) is 6.28. The Labute approximate surface area is 128 Å². The standard InChI is InChI=1S/C15H23F3N2S/c1-3-5-10-20(4-2)14(11-19)12-6-8-13(9-7-12)21-15(16,17)18/h6-9,14H,3-5,10-11,19H2,1-2H3. The molecule has 0 aliphatic rings. The summed E-state index contributed by atoms with van der Waals surface area (Å²) in [6.07, 6.45) is 2.20. The molecule has 2 nitrogen and oxygen atoms in total. The molecule has 0 radical (unpaired) electrons. The Morgan fingerprint density at radius 1 is 1.19 bits per heavy atom. The third-order valence-electron chi connectivity index (χ3n) is 3.37. The number of unbranched alkanes of at least 4 members (excludes halogenated alkanes) is 1. The summed E-state index contributed by atoms with van der Waals surface area (Å²) in [4.78, 5) is 2.48. The fourth-order valence-electron chi connectivity index (χ4n) is 2.28. The molecule has 0 spiro atoms. The van der Waals surface area contributed by atoms with E-state index in [1.54, 1.807) is 12.1 Å². The summed E-state index contributed by atoms with van der Waals surface area (Å²) in [5, 5.41) is 0. The lowest BCUT2D eigenvalue weighted by Gasteiger charge is -2.30. The van der Waals surface area contributed by atoms with E-state index < -0.39 is 5.51 Å². The molecule has 0 saturated heterocycles. The fourth-order valence-corrected chi connectivity index (χ4v) is 2.82. The molecule has 1 unspecified atom stereocenters. The maximum absolute atomic E-state index is 12.3. The zero-order valence-electron chi connectivity index (χ0n) is 12.5. The topological polar surface area (TPSA) is 29.3 Å². The van der Waals surface area contributed by atoms with Gasteiger partial charge in [0.25, 0.3) is 0 Å². The van der Waals surface area contributed by atoms with E-state index in [1.165, 1.54) is 12.1 Å². The van der Waals surface area contributed by atoms with E-state index in [2.05, 4.69) is 18.7 Å². The van der Waals surface area contributed by atoms with Crippen molar-refractivity contribution in [3.8, 4) is 0 Å². The molecule has 0 aliphatic carbocycles. The molecule has 2 N–H and O–H groups in total. The Morgan fingerprint density at radius 3 is 2.24 bits per heavy atom. The predicted molar refractivity (Wildman–Crippen MR) is 82.3 cm³/mol. The number of nitrogens with two attached hydrogens (primary N) is 1. The highest BCUT2D eigenvalue weighted by Gasteiger charge is 2.29. The van der Waals surface area contributed by atoms with E-state index in [4.69, 9.17) is 5.73 Å². The molecule has 1 rings (SSSR count). The summed E-state index contributed by atoms with van der Waals surface area (Å²) in [7, 11) is 0. The molecule has 0 saturated carbocycles. The van der Waals surface area contributed by atoms with Gasteiger partial charge in [-0.25, -0.2) is 0 Å². The third-order valence-corrected chi connectivity index (χ3v) is 4.11. The number of nitrogens with zero attached hydrogens (tertiary/aromatic N) is 1. The van der Waals surface area contributed by atoms with Crippen molar-refractivity contribution in [1.29, 1.82) is 0 Å². The first kappa shape index (κ1) is 18.3. The van der Waals surface area contributed by atoms with Crippen LogP contribution in [0.3, 0.4) is 0 Å². The van der Waals surface area contributed by atoms with Crippen molar-refractivity contribution in [2.75, 3.05) is 19.6 Å². The van der Waals surface area contributed by atoms with Gasteiger partial charge in [-0.2, -0.15) is 13.2 Å². The van der Waals surface area contributed by atoms with Gasteiger partial charge in [0.1, 0.15) is 0 Å². The first-order valence-corrected chi connectivity index (χ1v) is 8.02. The number of hydrogen-bond donors (Lipinski definition) is 1. The van der Waals surface area contributed by atoms with E-state index in [1.807, 2.05) is 0 Å². The summed E-state index contributed by atoms with van der Waals surface area (Å²) in [6.45, 7) is 6.50. The van der Waals surface area contributed by atoms with Gasteiger partial charge in [0.2, 0.25) is 0 Å². The van der Waals surface area contributed by atoms with Crippen molar-refractivity contribution in [3.05, 3.63) is 29.8 Å². The van der Waals surface area contributed by atoms with Crippen LogP contribution in [-0.2, 0) is 0 Å². The van der Waals surface area contributed by atoms with Gasteiger partial charge in [0.05, 0.1) is 0 Å². The second-order valence-electron chi connectivity index (χ2n) is 4.85. The summed E-state index contributed by atoms with van der Waals surface area (Å²) < 4.78 is 37.0. The molecule has 120 valence electrons. The van der Waals surface area contributed by atoms with E-state index >= 15 is 0 Å². The van der Waals surface area contributed by atoms with Gasteiger partial charge in [-0.3, -0.25) is 4.90 Å². The summed E-state index contributed by atoms with van der Waals surface area (Å²) in [5.74, 6) is 0. The Hall–Kier alpha value is -0.720. The van der Waals surface area contributed by atoms with Crippen molar-refractivity contribution in [2.45, 2.75) is 43.1 Å². The van der Waals surface area contributed by atoms with Gasteiger partial charge >= 0.3 is 5.51 Å². The molecular formula is C15H23F3N2S. The maximum Gasteiger partial charge on any atom is 0.446 e. The van der Waals surface area contributed by atoms with Crippen LogP contribution in [-0.4, -0.2) is 30.0 Å². The SMILES string of the molecule is CCCCN(CC)C(CN)c1ccc(SC(F)(F)F)cc1. The number of hydrogen-bond acceptors (Lipinski definition) is 3. The molecule has 0 aliphatic heterocycles. The fraction of sp³-hybridized carbons (Fsp3) is 0.600. The molecule has 21 heavy (non-hydrogen) atoms. The molecule has 1 atom stereocenters. The van der Waals surface area contributed by atoms with Gasteiger partial charge in [-0.15, -0.1) is 0 Å². The number of thioether (sulfide) groups is 1. The number of likely N-dealkylation sites (N-methyl/N-ethyl adjacent to an activating group) is 1. The van der Waals surface area contributed by atoms with E-state index in [9.17, 15) is 13.2 Å². The molecule has 1 aromatic rings. The highest BCUT2D eigenvalue weighted by atomic mass is 32.2. The minimum Gasteiger partial charge on any atom is -0.329 e. The van der Waals surface area contributed by atoms with Gasteiger partial charge in [0.15, 0.2) is 0 Å². The zero-order valence-corrected chi connectivity index (χ0v) is 13.3. The average molecular weight is 320 g/mol. The van der Waals surface area contributed by atoms with Gasteiger partial charge in [0, 0.05) is 17.5 Å². The number of benzene rings is 1. The van der Waals surface area contributed by atoms with Crippen LogP contribution >= 0.6 is 11.8 Å².